The second-order valence-electron chi connectivity index (χ2n) is 6.24. The molecule has 2 aromatic rings. The minimum Gasteiger partial charge on any atom is -0.504 e. The first kappa shape index (κ1) is 12.7. The molecule has 3 heteroatoms. The number of aryl methyl sites for hydroxylation is 1. The Kier molecular flexibility index (Phi) is 2.57. The van der Waals surface area contributed by atoms with Crippen LogP contribution in [0.4, 0.5) is 0 Å². The molecule has 1 aliphatic heterocycles. The van der Waals surface area contributed by atoms with Crippen molar-refractivity contribution in [3.8, 4) is 22.6 Å². The van der Waals surface area contributed by atoms with Crippen molar-refractivity contribution in [1.82, 2.24) is 4.90 Å². The van der Waals surface area contributed by atoms with E-state index in [1.165, 1.54) is 16.7 Å². The molecule has 21 heavy (non-hydrogen) atoms. The van der Waals surface area contributed by atoms with E-state index in [1.54, 1.807) is 6.07 Å². The molecule has 3 nitrogen and oxygen atoms in total. The smallest absolute Gasteiger partial charge is 0.165 e. The number of hydrogen-bond acceptors (Lipinski definition) is 3. The van der Waals surface area contributed by atoms with Crippen LogP contribution in [0.5, 0.6) is 11.5 Å². The molecule has 1 atom stereocenters. The highest BCUT2D eigenvalue weighted by molar-refractivity contribution is 5.82. The van der Waals surface area contributed by atoms with Crippen molar-refractivity contribution in [3.05, 3.63) is 46.5 Å². The summed E-state index contributed by atoms with van der Waals surface area (Å²) in [6, 6.07) is 8.14. The quantitative estimate of drug-likeness (QED) is 0.729. The van der Waals surface area contributed by atoms with E-state index in [1.807, 2.05) is 6.07 Å². The van der Waals surface area contributed by atoms with Gasteiger partial charge >= 0.3 is 0 Å². The Morgan fingerprint density at radius 2 is 1.95 bits per heavy atom. The third-order valence-corrected chi connectivity index (χ3v) is 5.10. The van der Waals surface area contributed by atoms with Crippen molar-refractivity contribution in [3.63, 3.8) is 0 Å². The summed E-state index contributed by atoms with van der Waals surface area (Å²) in [7, 11) is 2.17. The molecule has 1 aliphatic carbocycles. The molecular weight excluding hydrogens is 262 g/mol. The Morgan fingerprint density at radius 1 is 1.14 bits per heavy atom. The zero-order chi connectivity index (χ0) is 14.7. The lowest BCUT2D eigenvalue weighted by atomic mass is 9.75. The average molecular weight is 281 g/mol. The Labute approximate surface area is 124 Å². The largest absolute Gasteiger partial charge is 0.504 e. The molecule has 1 heterocycles. The molecule has 0 spiro atoms. The molecule has 0 amide bonds. The van der Waals surface area contributed by atoms with Gasteiger partial charge in [0.25, 0.3) is 0 Å². The van der Waals surface area contributed by atoms with E-state index in [-0.39, 0.29) is 11.5 Å². The number of nitrogens with zero attached hydrogens (tertiary/aromatic N) is 1. The normalized spacial score (nSPS) is 20.0. The first-order valence-corrected chi connectivity index (χ1v) is 7.44. The fourth-order valence-corrected chi connectivity index (χ4v) is 3.93. The number of phenolic OH excluding ortho intramolecular Hbond substituents is 2. The van der Waals surface area contributed by atoms with Gasteiger partial charge in [-0.3, -0.25) is 4.90 Å². The van der Waals surface area contributed by atoms with Gasteiger partial charge in [0.05, 0.1) is 0 Å². The third kappa shape index (κ3) is 1.64. The third-order valence-electron chi connectivity index (χ3n) is 5.10. The van der Waals surface area contributed by atoms with Crippen molar-refractivity contribution in [1.29, 1.82) is 0 Å². The molecule has 0 fully saturated rings. The van der Waals surface area contributed by atoms with E-state index in [0.29, 0.717) is 6.04 Å². The van der Waals surface area contributed by atoms with Crippen molar-refractivity contribution in [2.24, 2.45) is 0 Å². The minimum atomic E-state index is -0.0364. The SMILES string of the molecule is Cc1ccc2c3c1CCN(C)[C@@H]3Cc1ccc(O)c(O)c1-2. The van der Waals surface area contributed by atoms with Crippen LogP contribution in [0.2, 0.25) is 0 Å². The Morgan fingerprint density at radius 3 is 2.76 bits per heavy atom. The maximum Gasteiger partial charge on any atom is 0.165 e. The summed E-state index contributed by atoms with van der Waals surface area (Å²) in [5.74, 6) is -0.0177. The summed E-state index contributed by atoms with van der Waals surface area (Å²) in [5.41, 5.74) is 7.11. The van der Waals surface area contributed by atoms with E-state index < -0.39 is 0 Å². The molecule has 0 bridgehead atoms. The number of fused-ring (bicyclic) bond motifs is 2. The number of likely N-dealkylation sites (N-methyl/N-ethyl adjacent to an activating group) is 1. The number of hydrogen-bond donors (Lipinski definition) is 2. The summed E-state index contributed by atoms with van der Waals surface area (Å²) in [4.78, 5) is 2.40. The van der Waals surface area contributed by atoms with Crippen LogP contribution >= 0.6 is 0 Å². The van der Waals surface area contributed by atoms with Gasteiger partial charge in [0.2, 0.25) is 0 Å². The van der Waals surface area contributed by atoms with Gasteiger partial charge in [-0.15, -0.1) is 0 Å². The summed E-state index contributed by atoms with van der Waals surface area (Å²) >= 11 is 0. The predicted molar refractivity (Wildman–Crippen MR) is 82.7 cm³/mol. The van der Waals surface area contributed by atoms with Crippen molar-refractivity contribution in [2.75, 3.05) is 13.6 Å². The molecular formula is C18H19NO2. The molecule has 0 aromatic heterocycles. The molecule has 4 rings (SSSR count). The first-order valence-electron chi connectivity index (χ1n) is 7.44. The molecule has 0 saturated carbocycles. The van der Waals surface area contributed by atoms with Crippen LogP contribution in [-0.2, 0) is 12.8 Å². The Balaban J connectivity index is 2.07. The topological polar surface area (TPSA) is 43.7 Å². The second-order valence-corrected chi connectivity index (χ2v) is 6.24. The van der Waals surface area contributed by atoms with Crippen LogP contribution in [0.1, 0.15) is 28.3 Å². The minimum absolute atomic E-state index is 0.0187. The highest BCUT2D eigenvalue weighted by atomic mass is 16.3. The van der Waals surface area contributed by atoms with Crippen LogP contribution < -0.4 is 0 Å². The molecule has 2 aromatic carbocycles. The van der Waals surface area contributed by atoms with Crippen LogP contribution in [0.25, 0.3) is 11.1 Å². The monoisotopic (exact) mass is 281 g/mol. The van der Waals surface area contributed by atoms with E-state index in [0.717, 1.165) is 36.1 Å². The van der Waals surface area contributed by atoms with Gasteiger partial charge in [-0.25, -0.2) is 0 Å². The van der Waals surface area contributed by atoms with Crippen molar-refractivity contribution < 1.29 is 10.2 Å². The highest BCUT2D eigenvalue weighted by Crippen LogP contribution is 2.50. The van der Waals surface area contributed by atoms with Crippen LogP contribution in [0.3, 0.4) is 0 Å². The number of rotatable bonds is 0. The van der Waals surface area contributed by atoms with Crippen LogP contribution in [0.15, 0.2) is 24.3 Å². The second kappa shape index (κ2) is 4.25. The van der Waals surface area contributed by atoms with E-state index in [4.69, 9.17) is 0 Å². The maximum atomic E-state index is 10.3. The lowest BCUT2D eigenvalue weighted by Gasteiger charge is -2.40. The van der Waals surface area contributed by atoms with Crippen LogP contribution in [0, 0.1) is 6.92 Å². The molecule has 2 aliphatic rings. The molecule has 108 valence electrons. The van der Waals surface area contributed by atoms with Gasteiger partial charge in [-0.2, -0.15) is 0 Å². The average Bonchev–Trinajstić information content (AvgIpc) is 2.48. The predicted octanol–water partition coefficient (Wildman–Crippen LogP) is 3.16. The molecule has 0 saturated heterocycles. The van der Waals surface area contributed by atoms with Crippen molar-refractivity contribution >= 4 is 0 Å². The summed E-state index contributed by atoms with van der Waals surface area (Å²) in [5, 5.41) is 20.2. The lowest BCUT2D eigenvalue weighted by Crippen LogP contribution is -2.36. The number of benzene rings is 2. The van der Waals surface area contributed by atoms with Crippen molar-refractivity contribution in [2.45, 2.75) is 25.8 Å². The van der Waals surface area contributed by atoms with Gasteiger partial charge in [-0.05, 0) is 60.7 Å². The van der Waals surface area contributed by atoms with Gasteiger partial charge in [0, 0.05) is 18.2 Å². The molecule has 2 N–H and O–H groups in total. The van der Waals surface area contributed by atoms with E-state index in [9.17, 15) is 10.2 Å². The highest BCUT2D eigenvalue weighted by Gasteiger charge is 2.34. The zero-order valence-electron chi connectivity index (χ0n) is 12.3. The zero-order valence-corrected chi connectivity index (χ0v) is 12.3. The molecule has 0 unspecified atom stereocenters. The number of phenols is 2. The lowest BCUT2D eigenvalue weighted by molar-refractivity contribution is 0.227. The van der Waals surface area contributed by atoms with Crippen LogP contribution in [-0.4, -0.2) is 28.7 Å². The summed E-state index contributed by atoms with van der Waals surface area (Å²) in [6.07, 6.45) is 1.94. The fourth-order valence-electron chi connectivity index (χ4n) is 3.93. The Bertz CT molecular complexity index is 751. The van der Waals surface area contributed by atoms with E-state index in [2.05, 4.69) is 31.0 Å². The standard InChI is InChI=1S/C18H19NO2/c1-10-3-5-13-16-11(4-6-15(20)18(16)21)9-14-17(13)12(10)7-8-19(14)2/h3-6,14,20-21H,7-9H2,1-2H3/t14-/m1/s1. The Hall–Kier alpha value is -2.00. The van der Waals surface area contributed by atoms with Gasteiger partial charge in [-0.1, -0.05) is 18.2 Å². The molecule has 0 radical (unpaired) electrons. The fraction of sp³-hybridized carbons (Fsp3) is 0.333. The van der Waals surface area contributed by atoms with E-state index >= 15 is 0 Å². The van der Waals surface area contributed by atoms with Gasteiger partial charge < -0.3 is 10.2 Å². The number of aromatic hydroxyl groups is 2. The first-order chi connectivity index (χ1) is 10.1. The maximum absolute atomic E-state index is 10.3. The van der Waals surface area contributed by atoms with Gasteiger partial charge in [0.1, 0.15) is 0 Å². The van der Waals surface area contributed by atoms with Gasteiger partial charge in [0.15, 0.2) is 11.5 Å². The summed E-state index contributed by atoms with van der Waals surface area (Å²) < 4.78 is 0. The summed E-state index contributed by atoms with van der Waals surface area (Å²) in [6.45, 7) is 3.23.